The summed E-state index contributed by atoms with van der Waals surface area (Å²) in [5, 5.41) is 4.78. The monoisotopic (exact) mass is 1130 g/mol. The van der Waals surface area contributed by atoms with Crippen LogP contribution in [-0.2, 0) is 77.7 Å². The van der Waals surface area contributed by atoms with Gasteiger partial charge >= 0.3 is 17.9 Å². The van der Waals surface area contributed by atoms with Crippen molar-refractivity contribution in [3.8, 4) is 0 Å². The van der Waals surface area contributed by atoms with Gasteiger partial charge in [-0.1, -0.05) is 125 Å². The fraction of sp³-hybridized carbons (Fsp3) is 0.603. The van der Waals surface area contributed by atoms with Crippen LogP contribution < -0.4 is 10.6 Å². The number of carbonyl (C=O) groups excluding carboxylic acids is 5. The third-order valence-electron chi connectivity index (χ3n) is 8.83. The standard InChI is InChI=1S/C8H14N2.3C7H12N2.2C7H11NO.2C3H7NO.3C3H6O2/c1-8(2,3)7-9-5-6-10(7)4;5*1-7(2,3)6-8-4-5-9-6;2*1-3(5)4-2;3*1-3(4)5-2/h5-6H,1-4H3;3*4-5H,1-3H3,(H,8,9);2*4-5H,1-3H3;2*1-2H3,(H,4,5);3*1-2H3. The quantitative estimate of drug-likeness (QED) is 0.0698. The second-order valence-electron chi connectivity index (χ2n) is 23.0. The summed E-state index contributed by atoms with van der Waals surface area (Å²) in [6.45, 7) is 45.1. The van der Waals surface area contributed by atoms with Crippen molar-refractivity contribution in [2.24, 2.45) is 7.05 Å². The number of hydrogen-bond donors (Lipinski definition) is 5. The molecular formula is C58H104N12O10. The summed E-state index contributed by atoms with van der Waals surface area (Å²) in [4.78, 5) is 82.1. The topological polar surface area (TPSA) is 293 Å². The molecule has 6 heterocycles. The number of aromatic amines is 3. The molecule has 0 saturated heterocycles. The molecule has 0 aliphatic rings. The molecule has 0 unspecified atom stereocenters. The van der Waals surface area contributed by atoms with Crippen LogP contribution in [0.2, 0.25) is 0 Å². The number of methoxy groups -OCH3 is 3. The second-order valence-corrected chi connectivity index (χ2v) is 23.0. The molecule has 2 amide bonds. The number of hydrogen-bond acceptors (Lipinski definition) is 16. The number of aryl methyl sites for hydroxylation is 1. The van der Waals surface area contributed by atoms with Crippen LogP contribution in [-0.4, -0.2) is 115 Å². The largest absolute Gasteiger partial charge is 0.469 e. The summed E-state index contributed by atoms with van der Waals surface area (Å²) >= 11 is 0. The number of rotatable bonds is 0. The number of carbonyl (C=O) groups is 5. The Hall–Kier alpha value is -7.39. The van der Waals surface area contributed by atoms with Gasteiger partial charge in [0.2, 0.25) is 11.8 Å². The highest BCUT2D eigenvalue weighted by Crippen LogP contribution is 2.21. The van der Waals surface area contributed by atoms with E-state index in [1.165, 1.54) is 55.9 Å². The average Bonchev–Trinajstić information content (AvgIpc) is 4.19. The van der Waals surface area contributed by atoms with E-state index in [-0.39, 0.29) is 62.2 Å². The van der Waals surface area contributed by atoms with E-state index >= 15 is 0 Å². The number of aromatic nitrogens is 10. The number of ether oxygens (including phenoxy) is 3. The Labute approximate surface area is 479 Å². The third-order valence-corrected chi connectivity index (χ3v) is 8.83. The number of nitrogens with one attached hydrogen (secondary N) is 5. The normalized spacial score (nSPS) is 10.3. The van der Waals surface area contributed by atoms with Crippen molar-refractivity contribution < 1.29 is 47.0 Å². The van der Waals surface area contributed by atoms with Crippen LogP contribution in [0.3, 0.4) is 0 Å². The zero-order chi connectivity index (χ0) is 63.7. The van der Waals surface area contributed by atoms with Crippen LogP contribution in [0.15, 0.2) is 83.3 Å². The molecular weight excluding hydrogens is 1020 g/mol. The Morgan fingerprint density at radius 1 is 0.425 bits per heavy atom. The lowest BCUT2D eigenvalue weighted by Crippen LogP contribution is -2.16. The molecule has 0 atom stereocenters. The zero-order valence-corrected chi connectivity index (χ0v) is 54.1. The van der Waals surface area contributed by atoms with Crippen LogP contribution in [0, 0.1) is 0 Å². The SMILES string of the molecule is CC(C)(C)c1ncc[nH]1.CC(C)(C)c1ncc[nH]1.CC(C)(C)c1ncc[nH]1.CC(C)(C)c1ncco1.CC(C)(C)c1ncco1.CNC(C)=O.CNC(C)=O.COC(C)=O.COC(C)=O.COC(C)=O.Cn1ccnc1C(C)(C)C. The maximum absolute atomic E-state index is 9.70. The highest BCUT2D eigenvalue weighted by atomic mass is 16.5. The van der Waals surface area contributed by atoms with Gasteiger partial charge in [0.1, 0.15) is 35.8 Å². The van der Waals surface area contributed by atoms with E-state index in [4.69, 9.17) is 8.83 Å². The summed E-state index contributed by atoms with van der Waals surface area (Å²) < 4.78 is 24.6. The zero-order valence-electron chi connectivity index (χ0n) is 54.1. The fourth-order valence-corrected chi connectivity index (χ4v) is 4.30. The van der Waals surface area contributed by atoms with Crippen molar-refractivity contribution in [1.29, 1.82) is 0 Å². The summed E-state index contributed by atoms with van der Waals surface area (Å²) in [7, 11) is 9.27. The van der Waals surface area contributed by atoms with E-state index in [9.17, 15) is 24.0 Å². The van der Waals surface area contributed by atoms with Gasteiger partial charge in [0, 0.05) is 138 Å². The smallest absolute Gasteiger partial charge is 0.302 e. The lowest BCUT2D eigenvalue weighted by molar-refractivity contribution is -0.138. The summed E-state index contributed by atoms with van der Waals surface area (Å²) in [6.07, 6.45) is 21.2. The molecule has 0 aliphatic heterocycles. The number of imidazole rings is 4. The van der Waals surface area contributed by atoms with Gasteiger partial charge in [0.25, 0.3) is 0 Å². The van der Waals surface area contributed by atoms with Gasteiger partial charge in [0.15, 0.2) is 11.8 Å². The number of nitrogens with zero attached hydrogens (tertiary/aromatic N) is 7. The minimum atomic E-state index is -0.245. The van der Waals surface area contributed by atoms with Gasteiger partial charge in [-0.3, -0.25) is 24.0 Å². The predicted octanol–water partition coefficient (Wildman–Crippen LogP) is 10.8. The van der Waals surface area contributed by atoms with Gasteiger partial charge < -0.3 is 53.2 Å². The maximum Gasteiger partial charge on any atom is 0.302 e. The van der Waals surface area contributed by atoms with E-state index in [1.807, 2.05) is 38.0 Å². The predicted molar refractivity (Wildman–Crippen MR) is 317 cm³/mol. The van der Waals surface area contributed by atoms with E-state index in [0.717, 1.165) is 35.1 Å². The third kappa shape index (κ3) is 48.9. The average molecular weight is 1130 g/mol. The first-order chi connectivity index (χ1) is 36.4. The van der Waals surface area contributed by atoms with Crippen molar-refractivity contribution in [1.82, 2.24) is 60.1 Å². The highest BCUT2D eigenvalue weighted by Gasteiger charge is 2.20. The van der Waals surface area contributed by atoms with Crippen LogP contribution in [0.1, 0.15) is 194 Å². The molecule has 0 aromatic carbocycles. The van der Waals surface area contributed by atoms with E-state index in [0.29, 0.717) is 0 Å². The van der Waals surface area contributed by atoms with Gasteiger partial charge in [-0.2, -0.15) is 0 Å². The molecule has 5 N–H and O–H groups in total. The van der Waals surface area contributed by atoms with E-state index in [2.05, 4.69) is 199 Å². The number of amides is 2. The van der Waals surface area contributed by atoms with Crippen LogP contribution in [0.4, 0.5) is 0 Å². The van der Waals surface area contributed by atoms with Crippen molar-refractivity contribution in [3.05, 3.63) is 110 Å². The van der Waals surface area contributed by atoms with Crippen LogP contribution >= 0.6 is 0 Å². The molecule has 80 heavy (non-hydrogen) atoms. The molecule has 0 saturated carbocycles. The van der Waals surface area contributed by atoms with Crippen molar-refractivity contribution in [3.63, 3.8) is 0 Å². The Bertz CT molecular complexity index is 2060. The molecule has 0 bridgehead atoms. The number of H-pyrrole nitrogens is 3. The minimum absolute atomic E-state index is 0.00463. The Kier molecular flexibility index (Phi) is 42.4. The van der Waals surface area contributed by atoms with Crippen molar-refractivity contribution in [2.75, 3.05) is 35.4 Å². The Morgan fingerprint density at radius 2 is 0.675 bits per heavy atom. The van der Waals surface area contributed by atoms with Gasteiger partial charge in [0.05, 0.1) is 33.7 Å². The van der Waals surface area contributed by atoms with Gasteiger partial charge in [-0.05, 0) is 0 Å². The van der Waals surface area contributed by atoms with Crippen LogP contribution in [0.25, 0.3) is 0 Å². The molecule has 0 fully saturated rings. The first-order valence-electron chi connectivity index (χ1n) is 25.7. The molecule has 0 aliphatic carbocycles. The second kappa shape index (κ2) is 41.6. The fourth-order valence-electron chi connectivity index (χ4n) is 4.30. The lowest BCUT2D eigenvalue weighted by atomic mass is 9.96. The first-order valence-corrected chi connectivity index (χ1v) is 25.7. The van der Waals surface area contributed by atoms with Crippen molar-refractivity contribution >= 4 is 29.7 Å². The highest BCUT2D eigenvalue weighted by molar-refractivity contribution is 5.72. The Morgan fingerprint density at radius 3 is 0.750 bits per heavy atom. The first kappa shape index (κ1) is 81.5. The number of oxazole rings is 2. The summed E-state index contributed by atoms with van der Waals surface area (Å²) in [6, 6.07) is 0. The molecule has 0 spiro atoms. The van der Waals surface area contributed by atoms with Crippen LogP contribution in [0.5, 0.6) is 0 Å². The molecule has 456 valence electrons. The Balaban J connectivity index is -0.000000261. The molecule has 22 nitrogen and oxygen atoms in total. The molecule has 6 aromatic heterocycles. The molecule has 22 heteroatoms. The maximum atomic E-state index is 9.70. The summed E-state index contributed by atoms with van der Waals surface area (Å²) in [5.41, 5.74) is 0.724. The lowest BCUT2D eigenvalue weighted by Gasteiger charge is -2.17. The molecule has 6 rings (SSSR count). The van der Waals surface area contributed by atoms with E-state index < -0.39 is 0 Å². The minimum Gasteiger partial charge on any atom is -0.469 e. The number of esters is 3. The van der Waals surface area contributed by atoms with E-state index in [1.54, 1.807) is 57.6 Å². The molecule has 0 radical (unpaired) electrons. The molecule has 6 aromatic rings. The van der Waals surface area contributed by atoms with Crippen molar-refractivity contribution in [2.45, 2.75) is 192 Å². The van der Waals surface area contributed by atoms with Gasteiger partial charge in [-0.25, -0.2) is 29.9 Å². The van der Waals surface area contributed by atoms with Gasteiger partial charge in [-0.15, -0.1) is 0 Å². The summed E-state index contributed by atoms with van der Waals surface area (Å²) in [5.74, 6) is 5.13.